The maximum Gasteiger partial charge on any atom is 0.319 e. The minimum absolute atomic E-state index is 0.0225. The fraction of sp³-hybridized carbons (Fsp3) is 0.455. The highest BCUT2D eigenvalue weighted by molar-refractivity contribution is 7.10. The second-order valence-corrected chi connectivity index (χ2v) is 8.42. The number of rotatable bonds is 7. The number of benzene rings is 1. The van der Waals surface area contributed by atoms with Gasteiger partial charge in [0.2, 0.25) is 0 Å². The van der Waals surface area contributed by atoms with Crippen LogP contribution in [-0.4, -0.2) is 11.8 Å². The molecule has 27 heavy (non-hydrogen) atoms. The largest absolute Gasteiger partial charge is 0.333 e. The Kier molecular flexibility index (Phi) is 7.19. The number of hydrogen-bond acceptors (Lipinski definition) is 3. The van der Waals surface area contributed by atoms with E-state index in [9.17, 15) is 9.59 Å². The van der Waals surface area contributed by atoms with E-state index < -0.39 is 0 Å². The van der Waals surface area contributed by atoms with Gasteiger partial charge < -0.3 is 10.6 Å². The Labute approximate surface area is 166 Å². The van der Waals surface area contributed by atoms with Gasteiger partial charge in [-0.2, -0.15) is 0 Å². The summed E-state index contributed by atoms with van der Waals surface area (Å²) in [6.45, 7) is 12.7. The van der Waals surface area contributed by atoms with E-state index in [2.05, 4.69) is 31.4 Å². The first-order valence-electron chi connectivity index (χ1n) is 9.53. The standard InChI is InChI=1S/C22H30N2O2S/c1-7-17-19(21(25)14(4)5)12-27-20(17)11-23-22(26)24-16-9-8-15(6)18(10-16)13(2)3/h8-10,12-14H,7,11H2,1-6H3,(H2,23,24,26). The highest BCUT2D eigenvalue weighted by atomic mass is 32.1. The van der Waals surface area contributed by atoms with Crippen molar-refractivity contribution in [2.24, 2.45) is 5.92 Å². The van der Waals surface area contributed by atoms with Crippen LogP contribution in [0.5, 0.6) is 0 Å². The predicted octanol–water partition coefficient (Wildman–Crippen LogP) is 5.90. The maximum absolute atomic E-state index is 12.3. The highest BCUT2D eigenvalue weighted by Gasteiger charge is 2.19. The van der Waals surface area contributed by atoms with Gasteiger partial charge in [0.05, 0.1) is 6.54 Å². The third kappa shape index (κ3) is 5.19. The molecule has 2 amide bonds. The fourth-order valence-electron chi connectivity index (χ4n) is 3.15. The van der Waals surface area contributed by atoms with Crippen molar-refractivity contribution in [1.29, 1.82) is 0 Å². The lowest BCUT2D eigenvalue weighted by Crippen LogP contribution is -2.28. The van der Waals surface area contributed by atoms with Crippen LogP contribution in [0.25, 0.3) is 0 Å². The first-order valence-corrected chi connectivity index (χ1v) is 10.4. The molecule has 0 fully saturated rings. The zero-order valence-electron chi connectivity index (χ0n) is 17.1. The number of aryl methyl sites for hydroxylation is 1. The van der Waals surface area contributed by atoms with Crippen molar-refractivity contribution in [3.05, 3.63) is 50.7 Å². The molecule has 1 aromatic carbocycles. The molecule has 0 spiro atoms. The molecule has 2 rings (SSSR count). The average Bonchev–Trinajstić information content (AvgIpc) is 3.03. The minimum atomic E-state index is -0.235. The van der Waals surface area contributed by atoms with E-state index in [1.54, 1.807) is 0 Å². The average molecular weight is 387 g/mol. The third-order valence-corrected chi connectivity index (χ3v) is 5.72. The highest BCUT2D eigenvalue weighted by Crippen LogP contribution is 2.26. The first kappa shape index (κ1) is 21.2. The number of urea groups is 1. The fourth-order valence-corrected chi connectivity index (χ4v) is 4.22. The Balaban J connectivity index is 2.04. The summed E-state index contributed by atoms with van der Waals surface area (Å²) in [5.41, 5.74) is 5.10. The van der Waals surface area contributed by atoms with E-state index in [1.807, 2.05) is 44.4 Å². The van der Waals surface area contributed by atoms with Gasteiger partial charge in [0, 0.05) is 27.4 Å². The summed E-state index contributed by atoms with van der Waals surface area (Å²) < 4.78 is 0. The molecular formula is C22H30N2O2S. The van der Waals surface area contributed by atoms with Gasteiger partial charge >= 0.3 is 6.03 Å². The van der Waals surface area contributed by atoms with Crippen LogP contribution in [0.15, 0.2) is 23.6 Å². The van der Waals surface area contributed by atoms with Crippen molar-refractivity contribution in [3.8, 4) is 0 Å². The van der Waals surface area contributed by atoms with E-state index in [1.165, 1.54) is 22.5 Å². The molecule has 2 N–H and O–H groups in total. The lowest BCUT2D eigenvalue weighted by molar-refractivity contribution is 0.0939. The number of carbonyl (C=O) groups is 2. The Morgan fingerprint density at radius 2 is 1.85 bits per heavy atom. The number of anilines is 1. The lowest BCUT2D eigenvalue weighted by atomic mass is 9.97. The summed E-state index contributed by atoms with van der Waals surface area (Å²) in [4.78, 5) is 25.7. The number of nitrogens with one attached hydrogen (secondary N) is 2. The summed E-state index contributed by atoms with van der Waals surface area (Å²) in [7, 11) is 0. The number of hydrogen-bond donors (Lipinski definition) is 2. The van der Waals surface area contributed by atoms with Crippen molar-refractivity contribution in [1.82, 2.24) is 5.32 Å². The van der Waals surface area contributed by atoms with Gasteiger partial charge in [-0.3, -0.25) is 4.79 Å². The molecule has 0 aliphatic heterocycles. The van der Waals surface area contributed by atoms with Crippen molar-refractivity contribution in [2.75, 3.05) is 5.32 Å². The number of Topliss-reactive ketones (excluding diaryl/α,β-unsaturated/α-hetero) is 1. The minimum Gasteiger partial charge on any atom is -0.333 e. The van der Waals surface area contributed by atoms with Crippen LogP contribution in [-0.2, 0) is 13.0 Å². The van der Waals surface area contributed by atoms with E-state index in [0.717, 1.165) is 28.1 Å². The molecule has 4 nitrogen and oxygen atoms in total. The topological polar surface area (TPSA) is 58.2 Å². The van der Waals surface area contributed by atoms with Crippen molar-refractivity contribution < 1.29 is 9.59 Å². The van der Waals surface area contributed by atoms with Gasteiger partial charge in [-0.15, -0.1) is 11.3 Å². The SMILES string of the molecule is CCc1c(C(=O)C(C)C)csc1CNC(=O)Nc1ccc(C)c(C(C)C)c1. The molecule has 0 bridgehead atoms. The molecule has 0 aliphatic carbocycles. The molecule has 0 unspecified atom stereocenters. The summed E-state index contributed by atoms with van der Waals surface area (Å²) in [5.74, 6) is 0.551. The van der Waals surface area contributed by atoms with Gasteiger partial charge in [-0.1, -0.05) is 40.7 Å². The summed E-state index contributed by atoms with van der Waals surface area (Å²) in [6.07, 6.45) is 0.783. The van der Waals surface area contributed by atoms with Gasteiger partial charge in [-0.05, 0) is 48.1 Å². The molecule has 0 atom stereocenters. The quantitative estimate of drug-likeness (QED) is 0.582. The summed E-state index contributed by atoms with van der Waals surface area (Å²) >= 11 is 1.54. The van der Waals surface area contributed by atoms with Crippen molar-refractivity contribution >= 4 is 28.8 Å². The zero-order chi connectivity index (χ0) is 20.1. The van der Waals surface area contributed by atoms with Crippen LogP contribution < -0.4 is 10.6 Å². The molecule has 0 saturated carbocycles. The normalized spacial score (nSPS) is 11.1. The van der Waals surface area contributed by atoms with Gasteiger partial charge in [-0.25, -0.2) is 4.79 Å². The molecule has 0 radical (unpaired) electrons. The number of ketones is 1. The third-order valence-electron chi connectivity index (χ3n) is 4.69. The van der Waals surface area contributed by atoms with E-state index in [4.69, 9.17) is 0 Å². The number of amides is 2. The van der Waals surface area contributed by atoms with Crippen LogP contribution in [0, 0.1) is 12.8 Å². The van der Waals surface area contributed by atoms with Crippen molar-refractivity contribution in [3.63, 3.8) is 0 Å². The van der Waals surface area contributed by atoms with Crippen LogP contribution in [0.1, 0.15) is 72.5 Å². The number of thiophene rings is 1. The van der Waals surface area contributed by atoms with Crippen molar-refractivity contribution in [2.45, 2.75) is 60.4 Å². The zero-order valence-corrected chi connectivity index (χ0v) is 17.9. The number of carbonyl (C=O) groups excluding carboxylic acids is 2. The molecule has 2 aromatic rings. The van der Waals surface area contributed by atoms with E-state index in [-0.39, 0.29) is 17.7 Å². The monoisotopic (exact) mass is 386 g/mol. The first-order chi connectivity index (χ1) is 12.7. The Morgan fingerprint density at radius 1 is 1.15 bits per heavy atom. The van der Waals surface area contributed by atoms with Crippen LogP contribution in [0.2, 0.25) is 0 Å². The van der Waals surface area contributed by atoms with E-state index >= 15 is 0 Å². The van der Waals surface area contributed by atoms with Gasteiger partial charge in [0.15, 0.2) is 5.78 Å². The summed E-state index contributed by atoms with van der Waals surface area (Å²) in [6, 6.07) is 5.74. The van der Waals surface area contributed by atoms with E-state index in [0.29, 0.717) is 12.5 Å². The second-order valence-electron chi connectivity index (χ2n) is 7.46. The smallest absolute Gasteiger partial charge is 0.319 e. The molecule has 1 heterocycles. The molecular weight excluding hydrogens is 356 g/mol. The Bertz CT molecular complexity index is 822. The lowest BCUT2D eigenvalue weighted by Gasteiger charge is -2.13. The summed E-state index contributed by atoms with van der Waals surface area (Å²) in [5, 5.41) is 7.75. The van der Waals surface area contributed by atoms with Crippen LogP contribution in [0.4, 0.5) is 10.5 Å². The molecule has 5 heteroatoms. The van der Waals surface area contributed by atoms with Crippen LogP contribution >= 0.6 is 11.3 Å². The van der Waals surface area contributed by atoms with Gasteiger partial charge in [0.1, 0.15) is 0 Å². The Morgan fingerprint density at radius 3 is 2.44 bits per heavy atom. The Hall–Kier alpha value is -2.14. The van der Waals surface area contributed by atoms with Gasteiger partial charge in [0.25, 0.3) is 0 Å². The predicted molar refractivity (Wildman–Crippen MR) is 114 cm³/mol. The van der Waals surface area contributed by atoms with Crippen LogP contribution in [0.3, 0.4) is 0 Å². The molecule has 146 valence electrons. The maximum atomic E-state index is 12.3. The molecule has 1 aromatic heterocycles. The second kappa shape index (κ2) is 9.18. The molecule has 0 aliphatic rings. The molecule has 0 saturated heterocycles.